The Labute approximate surface area is 129 Å². The number of aliphatic hydroxyl groups is 1. The van der Waals surface area contributed by atoms with Gasteiger partial charge >= 0.3 is 0 Å². The number of pyridine rings is 1. The molecule has 0 bridgehead atoms. The highest BCUT2D eigenvalue weighted by molar-refractivity contribution is 9.10. The maximum Gasteiger partial charge on any atom is 0.226 e. The van der Waals surface area contributed by atoms with Crippen LogP contribution >= 0.6 is 15.9 Å². The molecule has 2 aromatic rings. The normalized spacial score (nSPS) is 13.7. The molecule has 2 unspecified atom stereocenters. The van der Waals surface area contributed by atoms with E-state index in [4.69, 9.17) is 5.73 Å². The first-order valence-electron chi connectivity index (χ1n) is 6.28. The molecule has 2 atom stereocenters. The minimum atomic E-state index is -0.924. The number of primary amides is 1. The number of hydrogen-bond acceptors (Lipinski definition) is 3. The minimum Gasteiger partial charge on any atom is -0.384 e. The number of benzene rings is 1. The average Bonchev–Trinajstić information content (AvgIpc) is 2.46. The number of aliphatic hydroxyl groups excluding tert-OH is 1. The number of amides is 1. The van der Waals surface area contributed by atoms with Crippen molar-refractivity contribution in [3.8, 4) is 0 Å². The van der Waals surface area contributed by atoms with Gasteiger partial charge in [-0.3, -0.25) is 9.78 Å². The summed E-state index contributed by atoms with van der Waals surface area (Å²) in [5.41, 5.74) is 6.86. The molecule has 0 saturated heterocycles. The summed E-state index contributed by atoms with van der Waals surface area (Å²) in [5.74, 6) is -1.37. The van der Waals surface area contributed by atoms with Crippen molar-refractivity contribution < 1.29 is 14.3 Å². The number of aromatic nitrogens is 1. The highest BCUT2D eigenvalue weighted by atomic mass is 79.9. The van der Waals surface area contributed by atoms with Gasteiger partial charge in [-0.15, -0.1) is 0 Å². The summed E-state index contributed by atoms with van der Waals surface area (Å²) in [6.45, 7) is 1.66. The first-order valence-corrected chi connectivity index (χ1v) is 7.07. The number of carbonyl (C=O) groups excluding carboxylic acids is 1. The molecule has 0 aliphatic heterocycles. The van der Waals surface area contributed by atoms with Crippen LogP contribution in [0, 0.1) is 5.82 Å². The maximum absolute atomic E-state index is 12.9. The lowest BCUT2D eigenvalue weighted by Gasteiger charge is -2.14. The summed E-state index contributed by atoms with van der Waals surface area (Å²) < 4.78 is 13.5. The van der Waals surface area contributed by atoms with Crippen molar-refractivity contribution >= 4 is 21.8 Å². The van der Waals surface area contributed by atoms with Gasteiger partial charge in [0.1, 0.15) is 11.9 Å². The third-order valence-electron chi connectivity index (χ3n) is 3.23. The molecule has 1 aromatic carbocycles. The fraction of sp³-hybridized carbons (Fsp3) is 0.200. The standard InChI is InChI=1S/C15H14BrFN2O2/c1-8(15(18)21)13-12(16)6-10(7-19-13)14(20)9-2-4-11(17)5-3-9/h2-8,14,20H,1H3,(H2,18,21). The molecule has 21 heavy (non-hydrogen) atoms. The molecule has 0 saturated carbocycles. The molecule has 1 heterocycles. The van der Waals surface area contributed by atoms with E-state index < -0.39 is 17.9 Å². The molecule has 0 spiro atoms. The molecule has 0 aliphatic rings. The number of halogens is 2. The Bertz CT molecular complexity index is 661. The van der Waals surface area contributed by atoms with Gasteiger partial charge in [-0.1, -0.05) is 12.1 Å². The van der Waals surface area contributed by atoms with E-state index in [1.165, 1.54) is 30.5 Å². The fourth-order valence-electron chi connectivity index (χ4n) is 1.90. The Morgan fingerprint density at radius 1 is 1.33 bits per heavy atom. The summed E-state index contributed by atoms with van der Waals surface area (Å²) >= 11 is 3.33. The predicted molar refractivity (Wildman–Crippen MR) is 80.0 cm³/mol. The predicted octanol–water partition coefficient (Wildman–Crippen LogP) is 2.65. The van der Waals surface area contributed by atoms with E-state index in [1.807, 2.05) is 0 Å². The van der Waals surface area contributed by atoms with Gasteiger partial charge in [-0.2, -0.15) is 0 Å². The second kappa shape index (κ2) is 6.32. The van der Waals surface area contributed by atoms with Crippen molar-refractivity contribution in [2.45, 2.75) is 18.9 Å². The average molecular weight is 353 g/mol. The fourth-order valence-corrected chi connectivity index (χ4v) is 2.61. The van der Waals surface area contributed by atoms with Crippen LogP contribution in [0.1, 0.15) is 35.8 Å². The van der Waals surface area contributed by atoms with E-state index in [0.29, 0.717) is 21.3 Å². The molecule has 0 fully saturated rings. The Hall–Kier alpha value is -1.79. The van der Waals surface area contributed by atoms with Gasteiger partial charge in [-0.25, -0.2) is 4.39 Å². The molecule has 0 aliphatic carbocycles. The van der Waals surface area contributed by atoms with Gasteiger partial charge in [-0.05, 0) is 46.6 Å². The minimum absolute atomic E-state index is 0.365. The Morgan fingerprint density at radius 3 is 2.48 bits per heavy atom. The van der Waals surface area contributed by atoms with Crippen LogP contribution in [-0.2, 0) is 4.79 Å². The molecule has 0 radical (unpaired) electrons. The van der Waals surface area contributed by atoms with Gasteiger partial charge in [0.25, 0.3) is 0 Å². The lowest BCUT2D eigenvalue weighted by atomic mass is 10.0. The zero-order valence-electron chi connectivity index (χ0n) is 11.3. The first-order chi connectivity index (χ1) is 9.90. The van der Waals surface area contributed by atoms with E-state index in [1.54, 1.807) is 13.0 Å². The number of hydrogen-bond donors (Lipinski definition) is 2. The van der Waals surface area contributed by atoms with Crippen molar-refractivity contribution in [2.24, 2.45) is 5.73 Å². The summed E-state index contributed by atoms with van der Waals surface area (Å²) in [6, 6.07) is 7.26. The summed E-state index contributed by atoms with van der Waals surface area (Å²) in [4.78, 5) is 15.4. The lowest BCUT2D eigenvalue weighted by molar-refractivity contribution is -0.119. The largest absolute Gasteiger partial charge is 0.384 e. The molecule has 2 rings (SSSR count). The van der Waals surface area contributed by atoms with Gasteiger partial charge in [0.15, 0.2) is 0 Å². The van der Waals surface area contributed by atoms with Gasteiger partial charge in [0, 0.05) is 16.2 Å². The molecule has 4 nitrogen and oxygen atoms in total. The molecule has 1 amide bonds. The van der Waals surface area contributed by atoms with Gasteiger partial charge < -0.3 is 10.8 Å². The molecule has 6 heteroatoms. The van der Waals surface area contributed by atoms with E-state index >= 15 is 0 Å². The van der Waals surface area contributed by atoms with Crippen molar-refractivity contribution in [1.29, 1.82) is 0 Å². The van der Waals surface area contributed by atoms with E-state index in [2.05, 4.69) is 20.9 Å². The summed E-state index contributed by atoms with van der Waals surface area (Å²) in [6.07, 6.45) is 0.556. The lowest BCUT2D eigenvalue weighted by Crippen LogP contribution is -2.20. The van der Waals surface area contributed by atoms with Crippen LogP contribution in [0.2, 0.25) is 0 Å². The summed E-state index contributed by atoms with van der Waals surface area (Å²) in [7, 11) is 0. The first kappa shape index (κ1) is 15.6. The topological polar surface area (TPSA) is 76.2 Å². The second-order valence-electron chi connectivity index (χ2n) is 4.71. The van der Waals surface area contributed by atoms with Crippen molar-refractivity contribution in [2.75, 3.05) is 0 Å². The number of nitrogens with zero attached hydrogens (tertiary/aromatic N) is 1. The van der Waals surface area contributed by atoms with Crippen molar-refractivity contribution in [3.05, 3.63) is 63.6 Å². The van der Waals surface area contributed by atoms with Crippen molar-refractivity contribution in [1.82, 2.24) is 4.98 Å². The molecule has 3 N–H and O–H groups in total. The third kappa shape index (κ3) is 3.46. The maximum atomic E-state index is 12.9. The number of rotatable bonds is 4. The van der Waals surface area contributed by atoms with E-state index in [0.717, 1.165) is 0 Å². The van der Waals surface area contributed by atoms with Crippen LogP contribution in [0.15, 0.2) is 41.0 Å². The highest BCUT2D eigenvalue weighted by Crippen LogP contribution is 2.28. The monoisotopic (exact) mass is 352 g/mol. The zero-order chi connectivity index (χ0) is 15.6. The highest BCUT2D eigenvalue weighted by Gasteiger charge is 2.19. The number of carbonyl (C=O) groups is 1. The second-order valence-corrected chi connectivity index (χ2v) is 5.57. The smallest absolute Gasteiger partial charge is 0.226 e. The summed E-state index contributed by atoms with van der Waals surface area (Å²) in [5, 5.41) is 10.3. The van der Waals surface area contributed by atoms with E-state index in [9.17, 15) is 14.3 Å². The Kier molecular flexibility index (Phi) is 4.69. The Balaban J connectivity index is 2.31. The van der Waals surface area contributed by atoms with Crippen LogP contribution in [0.4, 0.5) is 4.39 Å². The Morgan fingerprint density at radius 2 is 1.95 bits per heavy atom. The molecular weight excluding hydrogens is 339 g/mol. The van der Waals surface area contributed by atoms with Crippen molar-refractivity contribution in [3.63, 3.8) is 0 Å². The molecule has 1 aromatic heterocycles. The molecule has 110 valence electrons. The quantitative estimate of drug-likeness (QED) is 0.887. The third-order valence-corrected chi connectivity index (χ3v) is 3.86. The SMILES string of the molecule is CC(C(N)=O)c1ncc(C(O)c2ccc(F)cc2)cc1Br. The van der Waals surface area contributed by atoms with Crippen LogP contribution in [0.5, 0.6) is 0 Å². The van der Waals surface area contributed by atoms with Gasteiger partial charge in [0.05, 0.1) is 11.6 Å². The van der Waals surface area contributed by atoms with Crippen LogP contribution in [0.3, 0.4) is 0 Å². The van der Waals surface area contributed by atoms with Crippen LogP contribution in [0.25, 0.3) is 0 Å². The van der Waals surface area contributed by atoms with E-state index in [-0.39, 0.29) is 5.82 Å². The van der Waals surface area contributed by atoms with Gasteiger partial charge in [0.2, 0.25) is 5.91 Å². The zero-order valence-corrected chi connectivity index (χ0v) is 12.8. The van der Waals surface area contributed by atoms with Crippen LogP contribution < -0.4 is 5.73 Å². The molecular formula is C15H14BrFN2O2. The number of nitrogens with two attached hydrogens (primary N) is 1. The van der Waals surface area contributed by atoms with Crippen LogP contribution in [-0.4, -0.2) is 16.0 Å².